The number of likely N-dealkylation sites (tertiary alicyclic amines) is 1. The molecular weight excluding hydrogens is 231 g/mol. The van der Waals surface area contributed by atoms with E-state index in [-0.39, 0.29) is 23.5 Å². The van der Waals surface area contributed by atoms with Gasteiger partial charge in [0.05, 0.1) is 18.8 Å². The molecule has 3 nitrogen and oxygen atoms in total. The molecule has 0 bridgehead atoms. The Morgan fingerprint density at radius 2 is 1.94 bits per heavy atom. The number of piperidine rings is 1. The van der Waals surface area contributed by atoms with Crippen LogP contribution in [0.5, 0.6) is 0 Å². The molecule has 0 saturated carbocycles. The van der Waals surface area contributed by atoms with E-state index in [2.05, 4.69) is 5.32 Å². The van der Waals surface area contributed by atoms with Crippen molar-refractivity contribution >= 4 is 11.6 Å². The fourth-order valence-electron chi connectivity index (χ4n) is 2.43. The van der Waals surface area contributed by atoms with Crippen molar-refractivity contribution < 1.29 is 14.1 Å². The maximum atomic E-state index is 13.4. The van der Waals surface area contributed by atoms with Gasteiger partial charge in [-0.15, -0.1) is 0 Å². The Balaban J connectivity index is 1.97. The summed E-state index contributed by atoms with van der Waals surface area (Å²) in [6, 6.07) is 6.16. The lowest BCUT2D eigenvalue weighted by Crippen LogP contribution is -3.17. The van der Waals surface area contributed by atoms with E-state index < -0.39 is 0 Å². The summed E-state index contributed by atoms with van der Waals surface area (Å²) >= 11 is 0. The number of hydrogen-bond acceptors (Lipinski definition) is 1. The van der Waals surface area contributed by atoms with Crippen LogP contribution in [-0.2, 0) is 4.79 Å². The zero-order valence-electron chi connectivity index (χ0n) is 10.7. The minimum atomic E-state index is -0.383. The minimum Gasteiger partial charge on any atom is -0.325 e. The molecule has 1 saturated heterocycles. The third kappa shape index (κ3) is 3.07. The molecule has 1 aromatic rings. The Morgan fingerprint density at radius 3 is 2.61 bits per heavy atom. The molecule has 0 aromatic heterocycles. The first-order valence-electron chi connectivity index (χ1n) is 6.58. The van der Waals surface area contributed by atoms with Gasteiger partial charge in [0.1, 0.15) is 5.82 Å². The first-order chi connectivity index (χ1) is 8.68. The third-order valence-electron chi connectivity index (χ3n) is 3.63. The lowest BCUT2D eigenvalue weighted by molar-refractivity contribution is -0.918. The number of carbonyl (C=O) groups is 1. The van der Waals surface area contributed by atoms with E-state index in [0.717, 1.165) is 13.1 Å². The van der Waals surface area contributed by atoms with Crippen LogP contribution in [0.1, 0.15) is 26.2 Å². The van der Waals surface area contributed by atoms with Crippen molar-refractivity contribution in [2.24, 2.45) is 0 Å². The minimum absolute atomic E-state index is 0.100. The summed E-state index contributed by atoms with van der Waals surface area (Å²) in [7, 11) is 0. The largest absolute Gasteiger partial charge is 0.325 e. The summed E-state index contributed by atoms with van der Waals surface area (Å²) in [5.41, 5.74) is 0.269. The maximum absolute atomic E-state index is 13.4. The predicted molar refractivity (Wildman–Crippen MR) is 69.0 cm³/mol. The molecule has 1 aromatic carbocycles. The summed E-state index contributed by atoms with van der Waals surface area (Å²) in [4.78, 5) is 13.4. The molecule has 2 N–H and O–H groups in total. The lowest BCUT2D eigenvalue weighted by Gasteiger charge is -2.28. The SMILES string of the molecule is C[C@@H](C(=O)Nc1ccccc1F)[NH+]1CCCCC1. The van der Waals surface area contributed by atoms with Crippen LogP contribution in [0.3, 0.4) is 0 Å². The number of halogens is 1. The van der Waals surface area contributed by atoms with Crippen molar-refractivity contribution in [1.82, 2.24) is 0 Å². The smallest absolute Gasteiger partial charge is 0.282 e. The van der Waals surface area contributed by atoms with Crippen molar-refractivity contribution in [3.8, 4) is 0 Å². The second-order valence-electron chi connectivity index (χ2n) is 4.91. The van der Waals surface area contributed by atoms with Gasteiger partial charge >= 0.3 is 0 Å². The Morgan fingerprint density at radius 1 is 1.28 bits per heavy atom. The highest BCUT2D eigenvalue weighted by Gasteiger charge is 2.26. The first kappa shape index (κ1) is 13.0. The molecule has 1 aliphatic heterocycles. The molecule has 18 heavy (non-hydrogen) atoms. The molecule has 0 radical (unpaired) electrons. The van der Waals surface area contributed by atoms with Crippen molar-refractivity contribution in [1.29, 1.82) is 0 Å². The number of nitrogens with one attached hydrogen (secondary N) is 2. The summed E-state index contributed by atoms with van der Waals surface area (Å²) in [6.45, 7) is 3.98. The van der Waals surface area contributed by atoms with Crippen LogP contribution in [0.4, 0.5) is 10.1 Å². The lowest BCUT2D eigenvalue weighted by atomic mass is 10.1. The van der Waals surface area contributed by atoms with Gasteiger partial charge in [0, 0.05) is 0 Å². The predicted octanol–water partition coefficient (Wildman–Crippen LogP) is 1.22. The van der Waals surface area contributed by atoms with Crippen LogP contribution >= 0.6 is 0 Å². The van der Waals surface area contributed by atoms with Crippen molar-refractivity contribution in [3.63, 3.8) is 0 Å². The quantitative estimate of drug-likeness (QED) is 0.832. The fourth-order valence-corrected chi connectivity index (χ4v) is 2.43. The van der Waals surface area contributed by atoms with Gasteiger partial charge in [0.2, 0.25) is 0 Å². The third-order valence-corrected chi connectivity index (χ3v) is 3.63. The molecule has 2 rings (SSSR count). The Bertz CT molecular complexity index is 416. The second-order valence-corrected chi connectivity index (χ2v) is 4.91. The van der Waals surface area contributed by atoms with Gasteiger partial charge in [-0.25, -0.2) is 4.39 Å². The van der Waals surface area contributed by atoms with E-state index in [1.807, 2.05) is 6.92 Å². The van der Waals surface area contributed by atoms with E-state index in [1.54, 1.807) is 18.2 Å². The molecule has 1 aliphatic rings. The molecule has 98 valence electrons. The van der Waals surface area contributed by atoms with Crippen LogP contribution in [0.25, 0.3) is 0 Å². The number of anilines is 1. The van der Waals surface area contributed by atoms with E-state index in [4.69, 9.17) is 0 Å². The van der Waals surface area contributed by atoms with Gasteiger partial charge < -0.3 is 10.2 Å². The number of amides is 1. The van der Waals surface area contributed by atoms with Crippen LogP contribution in [0.2, 0.25) is 0 Å². The van der Waals surface area contributed by atoms with Crippen LogP contribution in [0.15, 0.2) is 24.3 Å². The number of para-hydroxylation sites is 1. The highest BCUT2D eigenvalue weighted by molar-refractivity contribution is 5.93. The standard InChI is InChI=1S/C14H19FN2O/c1-11(17-9-5-2-6-10-17)14(18)16-13-8-4-3-7-12(13)15/h3-4,7-8,11H,2,5-6,9-10H2,1H3,(H,16,18)/p+1/t11-/m0/s1. The number of rotatable bonds is 3. The molecule has 0 spiro atoms. The fraction of sp³-hybridized carbons (Fsp3) is 0.500. The van der Waals surface area contributed by atoms with E-state index in [0.29, 0.717) is 0 Å². The average molecular weight is 251 g/mol. The first-order valence-corrected chi connectivity index (χ1v) is 6.58. The highest BCUT2D eigenvalue weighted by atomic mass is 19.1. The molecule has 0 unspecified atom stereocenters. The number of benzene rings is 1. The topological polar surface area (TPSA) is 33.5 Å². The maximum Gasteiger partial charge on any atom is 0.282 e. The second kappa shape index (κ2) is 5.96. The summed E-state index contributed by atoms with van der Waals surface area (Å²) in [6.07, 6.45) is 3.60. The van der Waals surface area contributed by atoms with Crippen LogP contribution < -0.4 is 10.2 Å². The van der Waals surface area contributed by atoms with Gasteiger partial charge in [-0.2, -0.15) is 0 Å². The molecule has 4 heteroatoms. The van der Waals surface area contributed by atoms with Gasteiger partial charge in [0.15, 0.2) is 6.04 Å². The number of quaternary nitrogens is 1. The van der Waals surface area contributed by atoms with Gasteiger partial charge in [0.25, 0.3) is 5.91 Å². The zero-order chi connectivity index (χ0) is 13.0. The number of carbonyl (C=O) groups excluding carboxylic acids is 1. The Kier molecular flexibility index (Phi) is 4.31. The highest BCUT2D eigenvalue weighted by Crippen LogP contribution is 2.12. The van der Waals surface area contributed by atoms with Gasteiger partial charge in [-0.05, 0) is 38.3 Å². The number of hydrogen-bond donors (Lipinski definition) is 2. The Hall–Kier alpha value is -1.42. The molecule has 0 aliphatic carbocycles. The monoisotopic (exact) mass is 251 g/mol. The van der Waals surface area contributed by atoms with Gasteiger partial charge in [-0.3, -0.25) is 4.79 Å². The van der Waals surface area contributed by atoms with Crippen molar-refractivity contribution in [2.45, 2.75) is 32.2 Å². The van der Waals surface area contributed by atoms with E-state index in [9.17, 15) is 9.18 Å². The van der Waals surface area contributed by atoms with Crippen LogP contribution in [0, 0.1) is 5.82 Å². The summed E-state index contributed by atoms with van der Waals surface area (Å²) < 4.78 is 13.4. The normalized spacial score (nSPS) is 18.3. The average Bonchev–Trinajstić information content (AvgIpc) is 2.41. The summed E-state index contributed by atoms with van der Waals surface area (Å²) in [5.74, 6) is -0.483. The molecular formula is C14H20FN2O+. The molecule has 1 fully saturated rings. The molecule has 1 amide bonds. The molecule has 1 heterocycles. The van der Waals surface area contributed by atoms with Crippen molar-refractivity contribution in [3.05, 3.63) is 30.1 Å². The van der Waals surface area contributed by atoms with Gasteiger partial charge in [-0.1, -0.05) is 12.1 Å². The van der Waals surface area contributed by atoms with Crippen LogP contribution in [-0.4, -0.2) is 25.0 Å². The van der Waals surface area contributed by atoms with Crippen molar-refractivity contribution in [2.75, 3.05) is 18.4 Å². The zero-order valence-corrected chi connectivity index (χ0v) is 10.7. The summed E-state index contributed by atoms with van der Waals surface area (Å²) in [5, 5.41) is 2.67. The molecule has 1 atom stereocenters. The van der Waals surface area contributed by atoms with E-state index in [1.165, 1.54) is 30.2 Å². The Labute approximate surface area is 107 Å². The van der Waals surface area contributed by atoms with E-state index >= 15 is 0 Å².